The minimum absolute atomic E-state index is 0.0978. The van der Waals surface area contributed by atoms with Gasteiger partial charge in [0.05, 0.1) is 23.6 Å². The Morgan fingerprint density at radius 2 is 1.68 bits per heavy atom. The van der Waals surface area contributed by atoms with Crippen LogP contribution in [-0.2, 0) is 10.0 Å². The first-order valence-electron chi connectivity index (χ1n) is 8.19. The summed E-state index contributed by atoms with van der Waals surface area (Å²) in [5.74, 6) is 1.11. The smallest absolute Gasteiger partial charge is 0.263 e. The third kappa shape index (κ3) is 4.36. The van der Waals surface area contributed by atoms with Crippen molar-refractivity contribution in [3.05, 3.63) is 65.7 Å². The number of aryl methyl sites for hydroxylation is 1. The lowest BCUT2D eigenvalue weighted by Gasteiger charge is -2.11. The molecule has 1 heterocycles. The van der Waals surface area contributed by atoms with Crippen LogP contribution < -0.4 is 14.8 Å². The van der Waals surface area contributed by atoms with E-state index in [1.54, 1.807) is 49.4 Å². The lowest BCUT2D eigenvalue weighted by molar-refractivity contribution is 0.414. The van der Waals surface area contributed by atoms with Gasteiger partial charge in [-0.3, -0.25) is 4.72 Å². The number of rotatable bonds is 6. The molecule has 9 heteroatoms. The average molecular weight is 395 g/mol. The van der Waals surface area contributed by atoms with Crippen molar-refractivity contribution in [2.75, 3.05) is 17.1 Å². The predicted octanol–water partition coefficient (Wildman–Crippen LogP) is 3.21. The molecule has 0 saturated heterocycles. The zero-order valence-electron chi connectivity index (χ0n) is 15.2. The van der Waals surface area contributed by atoms with Crippen LogP contribution in [0, 0.1) is 18.3 Å². The van der Waals surface area contributed by atoms with Crippen LogP contribution in [-0.4, -0.2) is 25.7 Å². The van der Waals surface area contributed by atoms with Gasteiger partial charge >= 0.3 is 0 Å². The summed E-state index contributed by atoms with van der Waals surface area (Å²) in [6.45, 7) is 1.69. The predicted molar refractivity (Wildman–Crippen MR) is 105 cm³/mol. The van der Waals surface area contributed by atoms with Crippen LogP contribution in [0.3, 0.4) is 0 Å². The van der Waals surface area contributed by atoms with Crippen molar-refractivity contribution in [3.63, 3.8) is 0 Å². The fourth-order valence-corrected chi connectivity index (χ4v) is 3.70. The quantitative estimate of drug-likeness (QED) is 0.658. The molecule has 142 valence electrons. The largest absolute Gasteiger partial charge is 0.497 e. The third-order valence-corrected chi connectivity index (χ3v) is 5.38. The van der Waals surface area contributed by atoms with Crippen molar-refractivity contribution in [3.8, 4) is 11.8 Å². The maximum Gasteiger partial charge on any atom is 0.263 e. The minimum atomic E-state index is -3.81. The fraction of sp³-hybridized carbons (Fsp3) is 0.105. The van der Waals surface area contributed by atoms with E-state index < -0.39 is 10.0 Å². The van der Waals surface area contributed by atoms with Gasteiger partial charge in [0.15, 0.2) is 11.6 Å². The summed E-state index contributed by atoms with van der Waals surface area (Å²) in [4.78, 5) is 0.134. The highest BCUT2D eigenvalue weighted by atomic mass is 32.2. The molecule has 2 aromatic carbocycles. The number of sulfonamides is 1. The Morgan fingerprint density at radius 3 is 2.25 bits per heavy atom. The third-order valence-electron chi connectivity index (χ3n) is 3.86. The van der Waals surface area contributed by atoms with Crippen LogP contribution in [0.15, 0.2) is 59.5 Å². The fourth-order valence-electron chi connectivity index (χ4n) is 2.47. The Hall–Kier alpha value is -3.64. The first kappa shape index (κ1) is 19.1. The SMILES string of the molecule is COc1ccc(S(=O)(=O)Nc2ccc(Nc3ccc(C#N)cc3)nn2)c(C)c1. The molecule has 0 amide bonds. The summed E-state index contributed by atoms with van der Waals surface area (Å²) in [6.07, 6.45) is 0. The van der Waals surface area contributed by atoms with Crippen molar-refractivity contribution >= 4 is 27.3 Å². The van der Waals surface area contributed by atoms with Crippen LogP contribution in [0.5, 0.6) is 5.75 Å². The molecule has 2 N–H and O–H groups in total. The number of benzene rings is 2. The number of ether oxygens (including phenoxy) is 1. The zero-order valence-corrected chi connectivity index (χ0v) is 16.0. The van der Waals surface area contributed by atoms with E-state index in [9.17, 15) is 8.42 Å². The van der Waals surface area contributed by atoms with Gasteiger partial charge < -0.3 is 10.1 Å². The molecule has 3 rings (SSSR count). The molecule has 1 aromatic heterocycles. The lowest BCUT2D eigenvalue weighted by atomic mass is 10.2. The number of aromatic nitrogens is 2. The molecule has 8 nitrogen and oxygen atoms in total. The summed E-state index contributed by atoms with van der Waals surface area (Å²) < 4.78 is 32.7. The van der Waals surface area contributed by atoms with Gasteiger partial charge in [0.1, 0.15) is 5.75 Å². The molecule has 0 aliphatic carbocycles. The molecule has 0 fully saturated rings. The van der Waals surface area contributed by atoms with E-state index in [-0.39, 0.29) is 10.7 Å². The Morgan fingerprint density at radius 1 is 1.00 bits per heavy atom. The topological polar surface area (TPSA) is 117 Å². The molecule has 0 unspecified atom stereocenters. The van der Waals surface area contributed by atoms with Crippen molar-refractivity contribution in [1.82, 2.24) is 10.2 Å². The molecular weight excluding hydrogens is 378 g/mol. The standard InChI is InChI=1S/C19H17N5O3S/c1-13-11-16(27-2)7-8-17(13)28(25,26)24-19-10-9-18(22-23-19)21-15-5-3-14(12-20)4-6-15/h3-11H,1-2H3,(H,21,22)(H,23,24). The Labute approximate surface area is 162 Å². The zero-order chi connectivity index (χ0) is 20.1. The second kappa shape index (κ2) is 7.94. The van der Waals surface area contributed by atoms with Gasteiger partial charge in [-0.2, -0.15) is 5.26 Å². The Bertz CT molecular complexity index is 1120. The van der Waals surface area contributed by atoms with Gasteiger partial charge in [0.2, 0.25) is 0 Å². The van der Waals surface area contributed by atoms with E-state index in [0.29, 0.717) is 22.7 Å². The molecular formula is C19H17N5O3S. The number of nitrogens with zero attached hydrogens (tertiary/aromatic N) is 3. The highest BCUT2D eigenvalue weighted by Gasteiger charge is 2.18. The van der Waals surface area contributed by atoms with Crippen LogP contribution in [0.4, 0.5) is 17.3 Å². The Balaban J connectivity index is 1.73. The number of nitrogens with one attached hydrogen (secondary N) is 2. The monoisotopic (exact) mass is 395 g/mol. The number of anilines is 3. The van der Waals surface area contributed by atoms with E-state index in [0.717, 1.165) is 5.69 Å². The Kier molecular flexibility index (Phi) is 5.42. The maximum absolute atomic E-state index is 12.6. The molecule has 28 heavy (non-hydrogen) atoms. The van der Waals surface area contributed by atoms with Gasteiger partial charge in [0, 0.05) is 5.69 Å². The first-order chi connectivity index (χ1) is 13.4. The second-order valence-electron chi connectivity index (χ2n) is 5.85. The van der Waals surface area contributed by atoms with E-state index >= 15 is 0 Å². The van der Waals surface area contributed by atoms with Crippen molar-refractivity contribution in [2.45, 2.75) is 11.8 Å². The highest BCUT2D eigenvalue weighted by Crippen LogP contribution is 2.23. The molecule has 0 radical (unpaired) electrons. The maximum atomic E-state index is 12.6. The number of hydrogen-bond donors (Lipinski definition) is 2. The molecule has 0 atom stereocenters. The van der Waals surface area contributed by atoms with Crippen LogP contribution in [0.25, 0.3) is 0 Å². The second-order valence-corrected chi connectivity index (χ2v) is 7.51. The van der Waals surface area contributed by atoms with E-state index in [4.69, 9.17) is 10.00 Å². The molecule has 0 spiro atoms. The molecule has 0 aliphatic heterocycles. The van der Waals surface area contributed by atoms with Crippen molar-refractivity contribution in [1.29, 1.82) is 5.26 Å². The normalized spacial score (nSPS) is 10.8. The highest BCUT2D eigenvalue weighted by molar-refractivity contribution is 7.92. The van der Waals surface area contributed by atoms with Crippen molar-refractivity contribution < 1.29 is 13.2 Å². The molecule has 0 aliphatic rings. The van der Waals surface area contributed by atoms with Gasteiger partial charge in [-0.25, -0.2) is 8.42 Å². The van der Waals surface area contributed by atoms with E-state index in [1.807, 2.05) is 6.07 Å². The number of methoxy groups -OCH3 is 1. The van der Waals surface area contributed by atoms with Gasteiger partial charge in [-0.05, 0) is 67.1 Å². The van der Waals surface area contributed by atoms with Gasteiger partial charge in [0.25, 0.3) is 10.0 Å². The molecule has 0 saturated carbocycles. The summed E-state index contributed by atoms with van der Waals surface area (Å²) >= 11 is 0. The summed E-state index contributed by atoms with van der Waals surface area (Å²) in [7, 11) is -2.29. The van der Waals surface area contributed by atoms with Gasteiger partial charge in [-0.1, -0.05) is 0 Å². The summed E-state index contributed by atoms with van der Waals surface area (Å²) in [5.41, 5.74) is 1.84. The van der Waals surface area contributed by atoms with Gasteiger partial charge in [-0.15, -0.1) is 10.2 Å². The van der Waals surface area contributed by atoms with Crippen LogP contribution >= 0.6 is 0 Å². The van der Waals surface area contributed by atoms with Crippen LogP contribution in [0.1, 0.15) is 11.1 Å². The number of hydrogen-bond acceptors (Lipinski definition) is 7. The van der Waals surface area contributed by atoms with Crippen LogP contribution in [0.2, 0.25) is 0 Å². The molecule has 3 aromatic rings. The minimum Gasteiger partial charge on any atom is -0.497 e. The summed E-state index contributed by atoms with van der Waals surface area (Å²) in [5, 5.41) is 19.7. The lowest BCUT2D eigenvalue weighted by Crippen LogP contribution is -2.15. The van der Waals surface area contributed by atoms with E-state index in [2.05, 4.69) is 20.2 Å². The number of nitriles is 1. The average Bonchev–Trinajstić information content (AvgIpc) is 2.69. The summed E-state index contributed by atoms with van der Waals surface area (Å²) in [6, 6.07) is 16.7. The van der Waals surface area contributed by atoms with E-state index in [1.165, 1.54) is 19.2 Å². The van der Waals surface area contributed by atoms with Crippen molar-refractivity contribution in [2.24, 2.45) is 0 Å². The molecule has 0 bridgehead atoms. The first-order valence-corrected chi connectivity index (χ1v) is 9.68.